The van der Waals surface area contributed by atoms with Gasteiger partial charge in [0.15, 0.2) is 11.6 Å². The third kappa shape index (κ3) is 5.41. The van der Waals surface area contributed by atoms with E-state index in [1.165, 1.54) is 11.7 Å². The van der Waals surface area contributed by atoms with Gasteiger partial charge < -0.3 is 9.84 Å². The van der Waals surface area contributed by atoms with Gasteiger partial charge in [-0.05, 0) is 50.0 Å². The number of carbonyl (C=O) groups excluding carboxylic acids is 1. The van der Waals surface area contributed by atoms with Gasteiger partial charge in [-0.3, -0.25) is 4.79 Å². The highest BCUT2D eigenvalue weighted by Crippen LogP contribution is 2.33. The molecule has 0 aliphatic heterocycles. The Balaban J connectivity index is 1.51. The molecule has 11 heteroatoms. The van der Waals surface area contributed by atoms with Gasteiger partial charge in [-0.2, -0.15) is 10.0 Å². The predicted molar refractivity (Wildman–Crippen MR) is 111 cm³/mol. The lowest BCUT2D eigenvalue weighted by atomic mass is 10.0. The van der Waals surface area contributed by atoms with Crippen LogP contribution in [0.1, 0.15) is 80.1 Å². The van der Waals surface area contributed by atoms with Crippen LogP contribution in [0, 0.1) is 0 Å². The highest BCUT2D eigenvalue weighted by atomic mass is 16.5. The Morgan fingerprint density at radius 1 is 1.23 bits per heavy atom. The van der Waals surface area contributed by atoms with Crippen molar-refractivity contribution in [3.8, 4) is 11.5 Å². The van der Waals surface area contributed by atoms with Gasteiger partial charge in [-0.15, -0.1) is 20.4 Å². The fourth-order valence-electron chi connectivity index (χ4n) is 3.34. The van der Waals surface area contributed by atoms with Gasteiger partial charge in [-0.1, -0.05) is 25.5 Å². The van der Waals surface area contributed by atoms with Crippen LogP contribution in [0.15, 0.2) is 12.1 Å². The summed E-state index contributed by atoms with van der Waals surface area (Å²) in [7, 11) is 0. The molecule has 11 nitrogen and oxygen atoms in total. The number of nitrogens with zero attached hydrogens (tertiary/aromatic N) is 7. The molecule has 1 atom stereocenters. The number of tetrazole rings is 2. The van der Waals surface area contributed by atoms with Gasteiger partial charge >= 0.3 is 0 Å². The maximum Gasteiger partial charge on any atom is 0.200 e. The molecule has 2 heterocycles. The van der Waals surface area contributed by atoms with Gasteiger partial charge in [0, 0.05) is 12.0 Å². The first-order valence-electron chi connectivity index (χ1n) is 10.5. The minimum atomic E-state index is -0.203. The summed E-state index contributed by atoms with van der Waals surface area (Å²) in [5, 5.41) is 37.1. The molecule has 0 aliphatic rings. The molecule has 0 saturated heterocycles. The van der Waals surface area contributed by atoms with Crippen molar-refractivity contribution in [1.82, 2.24) is 40.8 Å². The molecule has 0 fully saturated rings. The van der Waals surface area contributed by atoms with Gasteiger partial charge in [0.2, 0.25) is 5.82 Å². The summed E-state index contributed by atoms with van der Waals surface area (Å²) < 4.78 is 5.89. The lowest BCUT2D eigenvalue weighted by molar-refractivity contribution is 0.101. The Labute approximate surface area is 180 Å². The lowest BCUT2D eigenvalue weighted by Gasteiger charge is -2.14. The Morgan fingerprint density at radius 2 is 2.06 bits per heavy atom. The first-order chi connectivity index (χ1) is 15.0. The average Bonchev–Trinajstić information content (AvgIpc) is 3.43. The maximum absolute atomic E-state index is 11.7. The maximum atomic E-state index is 11.7. The number of phenols is 1. The molecule has 0 spiro atoms. The fraction of sp³-hybridized carbons (Fsp3) is 0.550. The predicted octanol–water partition coefficient (Wildman–Crippen LogP) is 2.45. The van der Waals surface area contributed by atoms with E-state index < -0.39 is 0 Å². The van der Waals surface area contributed by atoms with E-state index in [0.29, 0.717) is 48.0 Å². The normalized spacial score (nSPS) is 12.1. The van der Waals surface area contributed by atoms with E-state index >= 15 is 0 Å². The number of aromatic nitrogens is 8. The first kappa shape index (κ1) is 22.3. The Morgan fingerprint density at radius 3 is 2.74 bits per heavy atom. The lowest BCUT2D eigenvalue weighted by Crippen LogP contribution is -2.15. The van der Waals surface area contributed by atoms with Crippen LogP contribution in [-0.2, 0) is 12.8 Å². The molecule has 3 aromatic rings. The van der Waals surface area contributed by atoms with Crippen LogP contribution < -0.4 is 4.74 Å². The summed E-state index contributed by atoms with van der Waals surface area (Å²) in [6.07, 6.45) is 4.49. The third-order valence-electron chi connectivity index (χ3n) is 4.97. The minimum absolute atomic E-state index is 0.0275. The second-order valence-electron chi connectivity index (χ2n) is 7.27. The van der Waals surface area contributed by atoms with E-state index in [9.17, 15) is 9.90 Å². The number of H-pyrrole nitrogens is 1. The second kappa shape index (κ2) is 10.6. The highest BCUT2D eigenvalue weighted by molar-refractivity contribution is 5.97. The molecule has 31 heavy (non-hydrogen) atoms. The van der Waals surface area contributed by atoms with Crippen LogP contribution in [0.3, 0.4) is 0 Å². The number of aromatic amines is 1. The van der Waals surface area contributed by atoms with Crippen molar-refractivity contribution in [2.24, 2.45) is 0 Å². The third-order valence-corrected chi connectivity index (χ3v) is 4.97. The van der Waals surface area contributed by atoms with Gasteiger partial charge in [0.05, 0.1) is 12.2 Å². The van der Waals surface area contributed by atoms with E-state index in [2.05, 4.69) is 36.0 Å². The molecular weight excluding hydrogens is 400 g/mol. The zero-order chi connectivity index (χ0) is 22.2. The van der Waals surface area contributed by atoms with Crippen molar-refractivity contribution in [1.29, 1.82) is 0 Å². The molecular formula is C20H28N8O3. The van der Waals surface area contributed by atoms with E-state index in [0.717, 1.165) is 25.7 Å². The molecule has 0 bridgehead atoms. The number of hydrogen-bond donors (Lipinski definition) is 2. The molecule has 3 rings (SSSR count). The van der Waals surface area contributed by atoms with Crippen molar-refractivity contribution in [2.75, 3.05) is 6.61 Å². The zero-order valence-electron chi connectivity index (χ0n) is 18.1. The van der Waals surface area contributed by atoms with Gasteiger partial charge in [0.25, 0.3) is 0 Å². The number of nitrogens with one attached hydrogen (secondary N) is 1. The van der Waals surface area contributed by atoms with E-state index in [1.807, 2.05) is 13.8 Å². The van der Waals surface area contributed by atoms with Crippen LogP contribution in [0.5, 0.6) is 11.5 Å². The summed E-state index contributed by atoms with van der Waals surface area (Å²) in [5.74, 6) is 1.67. The fourth-order valence-corrected chi connectivity index (χ4v) is 3.34. The Bertz CT molecular complexity index is 986. The van der Waals surface area contributed by atoms with Crippen LogP contribution in [0.4, 0.5) is 0 Å². The smallest absolute Gasteiger partial charge is 0.200 e. The molecule has 0 amide bonds. The largest absolute Gasteiger partial charge is 0.507 e. The van der Waals surface area contributed by atoms with Crippen LogP contribution >= 0.6 is 0 Å². The molecule has 0 saturated carbocycles. The summed E-state index contributed by atoms with van der Waals surface area (Å²) in [6, 6.07) is 3.17. The number of ketones is 1. The number of aryl methyl sites for hydroxylation is 1. The molecule has 0 radical (unpaired) electrons. The average molecular weight is 428 g/mol. The van der Waals surface area contributed by atoms with Gasteiger partial charge in [0.1, 0.15) is 17.5 Å². The Kier molecular flexibility index (Phi) is 7.63. The number of rotatable bonds is 12. The standard InChI is InChI=1S/C20H28N8O3/c1-4-8-15-17(11-10-14(13(3)29)19(15)30)31-12-7-6-9-18-21-27-28(24-18)16(5-2)20-22-25-26-23-20/h10-11,16,30H,4-9,12H2,1-3H3,(H,22,23,25,26). The monoisotopic (exact) mass is 428 g/mol. The van der Waals surface area contributed by atoms with E-state index in [-0.39, 0.29) is 17.6 Å². The summed E-state index contributed by atoms with van der Waals surface area (Å²) in [5.41, 5.74) is 1.02. The van der Waals surface area contributed by atoms with Crippen LogP contribution in [0.25, 0.3) is 0 Å². The zero-order valence-corrected chi connectivity index (χ0v) is 18.1. The molecule has 2 N–H and O–H groups in total. The second-order valence-corrected chi connectivity index (χ2v) is 7.27. The SMILES string of the molecule is CCCc1c(OCCCCc2nnn(C(CC)c3nn[nH]n3)n2)ccc(C(C)=O)c1O. The summed E-state index contributed by atoms with van der Waals surface area (Å²) in [6.45, 7) is 5.95. The van der Waals surface area contributed by atoms with Gasteiger partial charge in [-0.25, -0.2) is 0 Å². The van der Waals surface area contributed by atoms with Crippen molar-refractivity contribution in [3.05, 3.63) is 34.9 Å². The van der Waals surface area contributed by atoms with Crippen molar-refractivity contribution < 1.29 is 14.6 Å². The topological polar surface area (TPSA) is 145 Å². The number of aromatic hydroxyl groups is 1. The molecule has 0 aliphatic carbocycles. The number of ether oxygens (including phenoxy) is 1. The number of carbonyl (C=O) groups is 1. The van der Waals surface area contributed by atoms with Crippen molar-refractivity contribution in [2.45, 2.75) is 65.3 Å². The summed E-state index contributed by atoms with van der Waals surface area (Å²) in [4.78, 5) is 13.2. The van der Waals surface area contributed by atoms with Crippen LogP contribution in [0.2, 0.25) is 0 Å². The Hall–Kier alpha value is -3.37. The molecule has 1 unspecified atom stereocenters. The minimum Gasteiger partial charge on any atom is -0.507 e. The summed E-state index contributed by atoms with van der Waals surface area (Å²) >= 11 is 0. The van der Waals surface area contributed by atoms with E-state index in [1.54, 1.807) is 12.1 Å². The molecule has 2 aromatic heterocycles. The van der Waals surface area contributed by atoms with Crippen molar-refractivity contribution >= 4 is 5.78 Å². The van der Waals surface area contributed by atoms with Crippen LogP contribution in [-0.4, -0.2) is 58.3 Å². The highest BCUT2D eigenvalue weighted by Gasteiger charge is 2.19. The molecule has 1 aromatic carbocycles. The quantitative estimate of drug-likeness (QED) is 0.328. The number of hydrogen-bond acceptors (Lipinski definition) is 9. The number of unbranched alkanes of at least 4 members (excludes halogenated alkanes) is 1. The molecule has 166 valence electrons. The number of benzene rings is 1. The van der Waals surface area contributed by atoms with E-state index in [4.69, 9.17) is 4.74 Å². The van der Waals surface area contributed by atoms with Crippen molar-refractivity contribution in [3.63, 3.8) is 0 Å². The number of Topliss-reactive ketones (excluding diaryl/α,β-unsaturated/α-hetero) is 1. The first-order valence-corrected chi connectivity index (χ1v) is 10.5. The number of phenolic OH excluding ortho intramolecular Hbond substituents is 1.